The Bertz CT molecular complexity index is 691. The number of ether oxygens (including phenoxy) is 2. The molecular formula is C19H18O4. The number of esters is 2. The van der Waals surface area contributed by atoms with Crippen molar-refractivity contribution < 1.29 is 19.1 Å². The van der Waals surface area contributed by atoms with Gasteiger partial charge in [0, 0.05) is 6.42 Å². The number of carbonyl (C=O) groups is 2. The lowest BCUT2D eigenvalue weighted by Gasteiger charge is -2.09. The summed E-state index contributed by atoms with van der Waals surface area (Å²) < 4.78 is 10.2. The van der Waals surface area contributed by atoms with E-state index >= 15 is 0 Å². The minimum Gasteiger partial charge on any atom is -0.460 e. The second kappa shape index (κ2) is 6.65. The van der Waals surface area contributed by atoms with Crippen LogP contribution in [0.25, 0.3) is 11.1 Å². The van der Waals surface area contributed by atoms with Crippen molar-refractivity contribution in [2.24, 2.45) is 0 Å². The zero-order valence-corrected chi connectivity index (χ0v) is 12.9. The summed E-state index contributed by atoms with van der Waals surface area (Å²) in [6.45, 7) is 1.79. The van der Waals surface area contributed by atoms with Crippen LogP contribution in [0, 0.1) is 0 Å². The predicted octanol–water partition coefficient (Wildman–Crippen LogP) is 3.14. The zero-order chi connectivity index (χ0) is 16.2. The summed E-state index contributed by atoms with van der Waals surface area (Å²) in [5.41, 5.74) is 3.08. The van der Waals surface area contributed by atoms with Crippen molar-refractivity contribution in [3.8, 4) is 11.1 Å². The van der Waals surface area contributed by atoms with Gasteiger partial charge in [-0.1, -0.05) is 54.6 Å². The van der Waals surface area contributed by atoms with Gasteiger partial charge in [-0.25, -0.2) is 4.79 Å². The van der Waals surface area contributed by atoms with Gasteiger partial charge in [0.25, 0.3) is 0 Å². The van der Waals surface area contributed by atoms with Gasteiger partial charge >= 0.3 is 11.9 Å². The molecule has 0 saturated carbocycles. The molecule has 0 amide bonds. The Morgan fingerprint density at radius 2 is 1.74 bits per heavy atom. The minimum atomic E-state index is -0.763. The minimum absolute atomic E-state index is 0.146. The summed E-state index contributed by atoms with van der Waals surface area (Å²) in [6, 6.07) is 17.8. The summed E-state index contributed by atoms with van der Waals surface area (Å²) in [5.74, 6) is -0.862. The quantitative estimate of drug-likeness (QED) is 0.814. The van der Waals surface area contributed by atoms with E-state index in [9.17, 15) is 9.59 Å². The molecule has 1 fully saturated rings. The molecule has 1 heterocycles. The van der Waals surface area contributed by atoms with Crippen LogP contribution in [-0.2, 0) is 25.5 Å². The SMILES string of the molecule is C[C@@H]1C[C@@H](OC(=O)Cc2ccc(-c3ccccc3)cc2)C(=O)O1. The fourth-order valence-corrected chi connectivity index (χ4v) is 2.63. The second-order valence-electron chi connectivity index (χ2n) is 5.70. The van der Waals surface area contributed by atoms with Crippen molar-refractivity contribution in [1.82, 2.24) is 0 Å². The van der Waals surface area contributed by atoms with Crippen molar-refractivity contribution in [2.75, 3.05) is 0 Å². The van der Waals surface area contributed by atoms with E-state index in [4.69, 9.17) is 9.47 Å². The standard InChI is InChI=1S/C19H18O4/c1-13-11-17(19(21)22-13)23-18(20)12-14-7-9-16(10-8-14)15-5-3-2-4-6-15/h2-10,13,17H,11-12H2,1H3/t13-,17-/m1/s1. The number of hydrogen-bond acceptors (Lipinski definition) is 4. The third-order valence-electron chi connectivity index (χ3n) is 3.81. The maximum atomic E-state index is 11.9. The number of cyclic esters (lactones) is 1. The molecule has 4 nitrogen and oxygen atoms in total. The van der Waals surface area contributed by atoms with Crippen LogP contribution in [0.2, 0.25) is 0 Å². The number of carbonyl (C=O) groups excluding carboxylic acids is 2. The molecule has 118 valence electrons. The van der Waals surface area contributed by atoms with E-state index in [1.54, 1.807) is 6.92 Å². The molecule has 0 bridgehead atoms. The summed E-state index contributed by atoms with van der Waals surface area (Å²) in [7, 11) is 0. The number of rotatable bonds is 4. The smallest absolute Gasteiger partial charge is 0.347 e. The molecule has 0 spiro atoms. The highest BCUT2D eigenvalue weighted by atomic mass is 16.6. The third-order valence-corrected chi connectivity index (χ3v) is 3.81. The van der Waals surface area contributed by atoms with Crippen molar-refractivity contribution in [3.05, 3.63) is 60.2 Å². The summed E-state index contributed by atoms with van der Waals surface area (Å²) >= 11 is 0. The van der Waals surface area contributed by atoms with E-state index in [1.165, 1.54) is 0 Å². The van der Waals surface area contributed by atoms with Crippen LogP contribution < -0.4 is 0 Å². The Balaban J connectivity index is 1.60. The van der Waals surface area contributed by atoms with E-state index < -0.39 is 18.0 Å². The van der Waals surface area contributed by atoms with E-state index in [1.807, 2.05) is 54.6 Å². The third kappa shape index (κ3) is 3.77. The van der Waals surface area contributed by atoms with Gasteiger partial charge in [0.15, 0.2) is 0 Å². The summed E-state index contributed by atoms with van der Waals surface area (Å²) in [5, 5.41) is 0. The van der Waals surface area contributed by atoms with Crippen molar-refractivity contribution >= 4 is 11.9 Å². The fraction of sp³-hybridized carbons (Fsp3) is 0.263. The van der Waals surface area contributed by atoms with E-state index in [2.05, 4.69) is 0 Å². The fourth-order valence-electron chi connectivity index (χ4n) is 2.63. The van der Waals surface area contributed by atoms with Crippen molar-refractivity contribution in [3.63, 3.8) is 0 Å². The first kappa shape index (κ1) is 15.3. The predicted molar refractivity (Wildman–Crippen MR) is 85.6 cm³/mol. The Labute approximate surface area is 135 Å². The molecule has 0 N–H and O–H groups in total. The van der Waals surface area contributed by atoms with Gasteiger partial charge in [0.1, 0.15) is 6.10 Å². The largest absolute Gasteiger partial charge is 0.460 e. The molecule has 0 unspecified atom stereocenters. The first-order valence-electron chi connectivity index (χ1n) is 7.66. The Hall–Kier alpha value is -2.62. The van der Waals surface area contributed by atoms with Crippen LogP contribution in [0.5, 0.6) is 0 Å². The molecule has 2 aromatic carbocycles. The van der Waals surface area contributed by atoms with Crippen molar-refractivity contribution in [2.45, 2.75) is 32.0 Å². The maximum Gasteiger partial charge on any atom is 0.347 e. The van der Waals surface area contributed by atoms with Crippen LogP contribution in [0.4, 0.5) is 0 Å². The molecule has 23 heavy (non-hydrogen) atoms. The van der Waals surface area contributed by atoms with Crippen LogP contribution in [0.15, 0.2) is 54.6 Å². The molecule has 0 radical (unpaired) electrons. The number of benzene rings is 2. The molecule has 0 aromatic heterocycles. The van der Waals surface area contributed by atoms with Gasteiger partial charge in [-0.15, -0.1) is 0 Å². The second-order valence-corrected chi connectivity index (χ2v) is 5.70. The van der Waals surface area contributed by atoms with E-state index in [0.29, 0.717) is 6.42 Å². The first-order valence-corrected chi connectivity index (χ1v) is 7.66. The lowest BCUT2D eigenvalue weighted by Crippen LogP contribution is -2.23. The Morgan fingerprint density at radius 1 is 1.09 bits per heavy atom. The lowest BCUT2D eigenvalue weighted by atomic mass is 10.0. The molecule has 1 saturated heterocycles. The van der Waals surface area contributed by atoms with Gasteiger partial charge in [-0.3, -0.25) is 4.79 Å². The monoisotopic (exact) mass is 310 g/mol. The summed E-state index contributed by atoms with van der Waals surface area (Å²) in [4.78, 5) is 23.4. The lowest BCUT2D eigenvalue weighted by molar-refractivity contribution is -0.160. The molecule has 1 aliphatic rings. The highest BCUT2D eigenvalue weighted by Crippen LogP contribution is 2.21. The van der Waals surface area contributed by atoms with Crippen LogP contribution >= 0.6 is 0 Å². The number of hydrogen-bond donors (Lipinski definition) is 0. The highest BCUT2D eigenvalue weighted by Gasteiger charge is 2.34. The first-order chi connectivity index (χ1) is 11.1. The molecule has 0 aliphatic carbocycles. The van der Waals surface area contributed by atoms with Gasteiger partial charge < -0.3 is 9.47 Å². The van der Waals surface area contributed by atoms with Gasteiger partial charge in [0.2, 0.25) is 6.10 Å². The van der Waals surface area contributed by atoms with E-state index in [-0.39, 0.29) is 12.5 Å². The summed E-state index contributed by atoms with van der Waals surface area (Å²) in [6.07, 6.45) is -0.378. The zero-order valence-electron chi connectivity index (χ0n) is 12.9. The molecule has 1 aliphatic heterocycles. The maximum absolute atomic E-state index is 11.9. The van der Waals surface area contributed by atoms with Gasteiger partial charge in [0.05, 0.1) is 6.42 Å². The van der Waals surface area contributed by atoms with E-state index in [0.717, 1.165) is 16.7 Å². The normalized spacial score (nSPS) is 20.1. The molecule has 2 aromatic rings. The van der Waals surface area contributed by atoms with Crippen LogP contribution in [0.3, 0.4) is 0 Å². The highest BCUT2D eigenvalue weighted by molar-refractivity contribution is 5.81. The average Bonchev–Trinajstić information content (AvgIpc) is 2.86. The topological polar surface area (TPSA) is 52.6 Å². The average molecular weight is 310 g/mol. The molecule has 4 heteroatoms. The van der Waals surface area contributed by atoms with Gasteiger partial charge in [-0.2, -0.15) is 0 Å². The Morgan fingerprint density at radius 3 is 2.35 bits per heavy atom. The Kier molecular flexibility index (Phi) is 4.42. The molecule has 3 rings (SSSR count). The van der Waals surface area contributed by atoms with Crippen LogP contribution in [0.1, 0.15) is 18.9 Å². The molecule has 2 atom stereocenters. The van der Waals surface area contributed by atoms with Crippen molar-refractivity contribution in [1.29, 1.82) is 0 Å². The van der Waals surface area contributed by atoms with Gasteiger partial charge in [-0.05, 0) is 23.6 Å². The van der Waals surface area contributed by atoms with Crippen LogP contribution in [-0.4, -0.2) is 24.1 Å². The molecular weight excluding hydrogens is 292 g/mol.